The van der Waals surface area contributed by atoms with Gasteiger partial charge in [-0.3, -0.25) is 4.90 Å². The summed E-state index contributed by atoms with van der Waals surface area (Å²) < 4.78 is 1.23. The van der Waals surface area contributed by atoms with Gasteiger partial charge in [-0.05, 0) is 62.0 Å². The fourth-order valence-electron chi connectivity index (χ4n) is 3.00. The van der Waals surface area contributed by atoms with Gasteiger partial charge in [0, 0.05) is 10.5 Å². The summed E-state index contributed by atoms with van der Waals surface area (Å²) in [6, 6.07) is 7.52. The molecule has 0 spiro atoms. The van der Waals surface area contributed by atoms with Crippen molar-refractivity contribution in [3.63, 3.8) is 0 Å². The number of fused-ring (bicyclic) bond motifs is 1. The summed E-state index contributed by atoms with van der Waals surface area (Å²) in [4.78, 5) is 2.67. The van der Waals surface area contributed by atoms with Crippen molar-refractivity contribution in [2.75, 3.05) is 13.1 Å². The lowest BCUT2D eigenvalue weighted by Crippen LogP contribution is -2.23. The van der Waals surface area contributed by atoms with Crippen molar-refractivity contribution in [2.45, 2.75) is 31.7 Å². The van der Waals surface area contributed by atoms with Crippen molar-refractivity contribution >= 4 is 15.9 Å². The molecule has 3 rings (SSSR count). The van der Waals surface area contributed by atoms with Crippen LogP contribution >= 0.6 is 15.9 Å². The average Bonchev–Trinajstić information content (AvgIpc) is 2.82. The van der Waals surface area contributed by atoms with Crippen LogP contribution in [0.3, 0.4) is 0 Å². The van der Waals surface area contributed by atoms with Crippen molar-refractivity contribution in [2.24, 2.45) is 0 Å². The first kappa shape index (κ1) is 9.86. The molecule has 1 aromatic rings. The predicted molar refractivity (Wildman–Crippen MR) is 66.0 cm³/mol. The molecule has 2 heteroatoms. The summed E-state index contributed by atoms with van der Waals surface area (Å²) in [6.07, 6.45) is 5.37. The summed E-state index contributed by atoms with van der Waals surface area (Å²) in [7, 11) is 0. The van der Waals surface area contributed by atoms with Gasteiger partial charge in [-0.15, -0.1) is 0 Å². The molecule has 1 aliphatic carbocycles. The van der Waals surface area contributed by atoms with Crippen molar-refractivity contribution in [1.29, 1.82) is 0 Å². The lowest BCUT2D eigenvalue weighted by atomic mass is 10.1. The highest BCUT2D eigenvalue weighted by atomic mass is 79.9. The number of benzene rings is 1. The smallest absolute Gasteiger partial charge is 0.0354 e. The Kier molecular flexibility index (Phi) is 2.57. The minimum Gasteiger partial charge on any atom is -0.296 e. The monoisotopic (exact) mass is 265 g/mol. The first-order valence-corrected chi connectivity index (χ1v) is 6.66. The van der Waals surface area contributed by atoms with E-state index in [0.717, 1.165) is 6.04 Å². The Bertz CT molecular complexity index is 369. The van der Waals surface area contributed by atoms with Gasteiger partial charge in [-0.2, -0.15) is 0 Å². The molecule has 0 bridgehead atoms. The van der Waals surface area contributed by atoms with E-state index in [0.29, 0.717) is 0 Å². The van der Waals surface area contributed by atoms with Crippen LogP contribution in [0, 0.1) is 0 Å². The summed E-state index contributed by atoms with van der Waals surface area (Å²) in [5.74, 6) is 0. The summed E-state index contributed by atoms with van der Waals surface area (Å²) >= 11 is 3.55. The number of likely N-dealkylation sites (tertiary alicyclic amines) is 1. The Morgan fingerprint density at radius 1 is 1.20 bits per heavy atom. The first-order chi connectivity index (χ1) is 7.34. The minimum atomic E-state index is 0.718. The topological polar surface area (TPSA) is 3.24 Å². The quantitative estimate of drug-likeness (QED) is 0.751. The average molecular weight is 266 g/mol. The molecule has 0 radical (unpaired) electrons. The van der Waals surface area contributed by atoms with Crippen LogP contribution in [0.2, 0.25) is 0 Å². The van der Waals surface area contributed by atoms with Gasteiger partial charge < -0.3 is 0 Å². The predicted octanol–water partition coefficient (Wildman–Crippen LogP) is 3.53. The third-order valence-corrected chi connectivity index (χ3v) is 4.23. The maximum atomic E-state index is 3.55. The van der Waals surface area contributed by atoms with E-state index in [4.69, 9.17) is 0 Å². The zero-order valence-corrected chi connectivity index (χ0v) is 10.5. The summed E-state index contributed by atoms with van der Waals surface area (Å²) in [5.41, 5.74) is 3.14. The molecule has 0 aromatic heterocycles. The Balaban J connectivity index is 1.90. The maximum absolute atomic E-state index is 3.55. The second-order valence-electron chi connectivity index (χ2n) is 4.64. The molecular formula is C13H16BrN. The van der Waals surface area contributed by atoms with Gasteiger partial charge in [0.05, 0.1) is 0 Å². The number of rotatable bonds is 1. The molecule has 0 N–H and O–H groups in total. The van der Waals surface area contributed by atoms with Crippen LogP contribution in [0.25, 0.3) is 0 Å². The van der Waals surface area contributed by atoms with Crippen LogP contribution in [-0.4, -0.2) is 18.0 Å². The van der Waals surface area contributed by atoms with Crippen LogP contribution in [0.1, 0.15) is 36.4 Å². The van der Waals surface area contributed by atoms with E-state index >= 15 is 0 Å². The minimum absolute atomic E-state index is 0.718. The van der Waals surface area contributed by atoms with E-state index < -0.39 is 0 Å². The largest absolute Gasteiger partial charge is 0.296 e. The highest BCUT2D eigenvalue weighted by Crippen LogP contribution is 2.38. The molecule has 1 saturated heterocycles. The number of halogens is 1. The molecule has 1 aliphatic heterocycles. The SMILES string of the molecule is Brc1ccc2c(c1)CCC2N1CCCC1. The number of hydrogen-bond acceptors (Lipinski definition) is 1. The van der Waals surface area contributed by atoms with Gasteiger partial charge in [0.1, 0.15) is 0 Å². The fourth-order valence-corrected chi connectivity index (χ4v) is 3.40. The lowest BCUT2D eigenvalue weighted by molar-refractivity contribution is 0.245. The third kappa shape index (κ3) is 1.74. The van der Waals surface area contributed by atoms with Gasteiger partial charge in [-0.25, -0.2) is 0 Å². The molecule has 1 aromatic carbocycles. The van der Waals surface area contributed by atoms with E-state index in [1.54, 1.807) is 11.1 Å². The molecule has 1 atom stereocenters. The number of aryl methyl sites for hydroxylation is 1. The molecule has 1 nitrogen and oxygen atoms in total. The highest BCUT2D eigenvalue weighted by Gasteiger charge is 2.29. The first-order valence-electron chi connectivity index (χ1n) is 5.87. The zero-order chi connectivity index (χ0) is 10.3. The zero-order valence-electron chi connectivity index (χ0n) is 8.88. The highest BCUT2D eigenvalue weighted by molar-refractivity contribution is 9.10. The standard InChI is InChI=1S/C13H16BrN/c14-11-4-5-12-10(9-11)3-6-13(12)15-7-1-2-8-15/h4-5,9,13H,1-3,6-8H2. The van der Waals surface area contributed by atoms with Crippen molar-refractivity contribution < 1.29 is 0 Å². The third-order valence-electron chi connectivity index (χ3n) is 3.73. The van der Waals surface area contributed by atoms with Crippen LogP contribution in [0.15, 0.2) is 22.7 Å². The van der Waals surface area contributed by atoms with Crippen LogP contribution in [0.5, 0.6) is 0 Å². The fraction of sp³-hybridized carbons (Fsp3) is 0.538. The molecule has 1 fully saturated rings. The molecule has 0 amide bonds. The van der Waals surface area contributed by atoms with Crippen LogP contribution < -0.4 is 0 Å². The molecular weight excluding hydrogens is 250 g/mol. The number of nitrogens with zero attached hydrogens (tertiary/aromatic N) is 1. The Labute approximate surface area is 99.6 Å². The van der Waals surface area contributed by atoms with Crippen LogP contribution in [-0.2, 0) is 6.42 Å². The van der Waals surface area contributed by atoms with E-state index in [1.165, 1.54) is 43.2 Å². The number of hydrogen-bond donors (Lipinski definition) is 0. The molecule has 80 valence electrons. The molecule has 1 unspecified atom stereocenters. The molecule has 15 heavy (non-hydrogen) atoms. The molecule has 1 heterocycles. The van der Waals surface area contributed by atoms with Crippen molar-refractivity contribution in [1.82, 2.24) is 4.90 Å². The van der Waals surface area contributed by atoms with E-state index in [1.807, 2.05) is 0 Å². The van der Waals surface area contributed by atoms with Crippen molar-refractivity contribution in [3.05, 3.63) is 33.8 Å². The second-order valence-corrected chi connectivity index (χ2v) is 5.56. The summed E-state index contributed by atoms with van der Waals surface area (Å²) in [5, 5.41) is 0. The molecule has 2 aliphatic rings. The normalized spacial score (nSPS) is 25.8. The van der Waals surface area contributed by atoms with Gasteiger partial charge in [0.2, 0.25) is 0 Å². The van der Waals surface area contributed by atoms with Crippen LogP contribution in [0.4, 0.5) is 0 Å². The Hall–Kier alpha value is -0.340. The maximum Gasteiger partial charge on any atom is 0.0354 e. The van der Waals surface area contributed by atoms with Gasteiger partial charge in [0.15, 0.2) is 0 Å². The second kappa shape index (κ2) is 3.91. The Morgan fingerprint density at radius 2 is 2.00 bits per heavy atom. The van der Waals surface area contributed by atoms with E-state index in [9.17, 15) is 0 Å². The lowest BCUT2D eigenvalue weighted by Gasteiger charge is -2.24. The van der Waals surface area contributed by atoms with Gasteiger partial charge in [0.25, 0.3) is 0 Å². The van der Waals surface area contributed by atoms with E-state index in [2.05, 4.69) is 39.0 Å². The Morgan fingerprint density at radius 3 is 2.80 bits per heavy atom. The van der Waals surface area contributed by atoms with E-state index in [-0.39, 0.29) is 0 Å². The van der Waals surface area contributed by atoms with Gasteiger partial charge >= 0.3 is 0 Å². The van der Waals surface area contributed by atoms with Gasteiger partial charge in [-0.1, -0.05) is 22.0 Å². The molecule has 0 saturated carbocycles. The summed E-state index contributed by atoms with van der Waals surface area (Å²) in [6.45, 7) is 2.61. The van der Waals surface area contributed by atoms with Crippen molar-refractivity contribution in [3.8, 4) is 0 Å².